The van der Waals surface area contributed by atoms with Gasteiger partial charge in [-0.2, -0.15) is 11.8 Å². The van der Waals surface area contributed by atoms with Gasteiger partial charge in [0.15, 0.2) is 0 Å². The minimum absolute atomic E-state index is 0.621. The highest BCUT2D eigenvalue weighted by molar-refractivity contribution is 14.1. The standard InChI is InChI=1S/C14H22IN3S/c1-9(2)19-8-11-17-13(10-6-4-5-7-10)12(15)14(16-3)18-11/h9-10H,4-8H2,1-3H3,(H,16,17,18). The number of hydrogen-bond donors (Lipinski definition) is 1. The Morgan fingerprint density at radius 3 is 2.58 bits per heavy atom. The first-order valence-electron chi connectivity index (χ1n) is 6.97. The first kappa shape index (κ1) is 15.4. The number of rotatable bonds is 5. The van der Waals surface area contributed by atoms with Crippen LogP contribution in [0.5, 0.6) is 0 Å². The van der Waals surface area contributed by atoms with Crippen LogP contribution >= 0.6 is 34.4 Å². The van der Waals surface area contributed by atoms with Crippen molar-refractivity contribution in [3.05, 3.63) is 15.1 Å². The van der Waals surface area contributed by atoms with Crippen molar-refractivity contribution in [3.8, 4) is 0 Å². The average Bonchev–Trinajstić information content (AvgIpc) is 2.91. The molecule has 5 heteroatoms. The zero-order valence-corrected chi connectivity index (χ0v) is 14.8. The fourth-order valence-electron chi connectivity index (χ4n) is 2.45. The molecular weight excluding hydrogens is 369 g/mol. The highest BCUT2D eigenvalue weighted by Crippen LogP contribution is 2.37. The Kier molecular flexibility index (Phi) is 5.74. The summed E-state index contributed by atoms with van der Waals surface area (Å²) in [4.78, 5) is 9.50. The van der Waals surface area contributed by atoms with Gasteiger partial charge in [-0.3, -0.25) is 0 Å². The van der Waals surface area contributed by atoms with E-state index in [1.807, 2.05) is 18.8 Å². The molecule has 0 bridgehead atoms. The summed E-state index contributed by atoms with van der Waals surface area (Å²) < 4.78 is 1.21. The molecule has 1 N–H and O–H groups in total. The summed E-state index contributed by atoms with van der Waals surface area (Å²) in [5, 5.41) is 3.84. The number of thioether (sulfide) groups is 1. The maximum atomic E-state index is 4.86. The van der Waals surface area contributed by atoms with Gasteiger partial charge in [-0.15, -0.1) is 0 Å². The van der Waals surface area contributed by atoms with Crippen LogP contribution in [0.15, 0.2) is 0 Å². The van der Waals surface area contributed by atoms with Crippen LogP contribution in [-0.2, 0) is 5.75 Å². The van der Waals surface area contributed by atoms with Gasteiger partial charge in [0.2, 0.25) is 0 Å². The minimum atomic E-state index is 0.621. The van der Waals surface area contributed by atoms with Crippen LogP contribution in [0, 0.1) is 3.57 Å². The van der Waals surface area contributed by atoms with E-state index in [0.717, 1.165) is 17.4 Å². The molecule has 0 aromatic carbocycles. The Morgan fingerprint density at radius 1 is 1.32 bits per heavy atom. The van der Waals surface area contributed by atoms with Gasteiger partial charge in [-0.25, -0.2) is 9.97 Å². The van der Waals surface area contributed by atoms with Gasteiger partial charge in [0.25, 0.3) is 0 Å². The van der Waals surface area contributed by atoms with Gasteiger partial charge in [-0.05, 0) is 40.7 Å². The van der Waals surface area contributed by atoms with E-state index in [0.29, 0.717) is 11.2 Å². The van der Waals surface area contributed by atoms with Crippen molar-refractivity contribution >= 4 is 40.2 Å². The van der Waals surface area contributed by atoms with E-state index in [9.17, 15) is 0 Å². The molecule has 1 aromatic rings. The van der Waals surface area contributed by atoms with E-state index in [2.05, 4.69) is 46.7 Å². The predicted octanol–water partition coefficient (Wildman–Crippen LogP) is 4.42. The lowest BCUT2D eigenvalue weighted by Crippen LogP contribution is -2.10. The Morgan fingerprint density at radius 2 is 2.00 bits per heavy atom. The molecule has 1 aromatic heterocycles. The maximum absolute atomic E-state index is 4.86. The summed E-state index contributed by atoms with van der Waals surface area (Å²) in [6.07, 6.45) is 5.26. The Bertz CT molecular complexity index is 431. The molecule has 0 amide bonds. The second-order valence-electron chi connectivity index (χ2n) is 5.28. The third kappa shape index (κ3) is 3.97. The fraction of sp³-hybridized carbons (Fsp3) is 0.714. The largest absolute Gasteiger partial charge is 0.372 e. The second-order valence-corrected chi connectivity index (χ2v) is 7.92. The van der Waals surface area contributed by atoms with Crippen LogP contribution in [0.3, 0.4) is 0 Å². The lowest BCUT2D eigenvalue weighted by atomic mass is 10.0. The number of anilines is 1. The van der Waals surface area contributed by atoms with E-state index in [4.69, 9.17) is 4.98 Å². The van der Waals surface area contributed by atoms with Crippen molar-refractivity contribution in [2.45, 2.75) is 56.5 Å². The zero-order valence-electron chi connectivity index (χ0n) is 11.9. The monoisotopic (exact) mass is 391 g/mol. The van der Waals surface area contributed by atoms with Gasteiger partial charge in [0.1, 0.15) is 11.6 Å². The lowest BCUT2D eigenvalue weighted by molar-refractivity contribution is 0.683. The van der Waals surface area contributed by atoms with Gasteiger partial charge in [0.05, 0.1) is 15.0 Å². The molecule has 19 heavy (non-hydrogen) atoms. The van der Waals surface area contributed by atoms with Crippen molar-refractivity contribution < 1.29 is 0 Å². The molecule has 1 aliphatic carbocycles. The zero-order chi connectivity index (χ0) is 13.8. The third-order valence-electron chi connectivity index (χ3n) is 3.45. The average molecular weight is 391 g/mol. The second kappa shape index (κ2) is 7.11. The van der Waals surface area contributed by atoms with Gasteiger partial charge in [0, 0.05) is 13.0 Å². The summed E-state index contributed by atoms with van der Waals surface area (Å²) in [5.74, 6) is 3.52. The van der Waals surface area contributed by atoms with E-state index >= 15 is 0 Å². The first-order chi connectivity index (χ1) is 9.11. The van der Waals surface area contributed by atoms with Gasteiger partial charge in [-0.1, -0.05) is 26.7 Å². The molecule has 3 nitrogen and oxygen atoms in total. The van der Waals surface area contributed by atoms with Crippen LogP contribution < -0.4 is 5.32 Å². The predicted molar refractivity (Wildman–Crippen MR) is 91.9 cm³/mol. The maximum Gasteiger partial charge on any atom is 0.143 e. The molecule has 0 spiro atoms. The summed E-state index contributed by atoms with van der Waals surface area (Å²) >= 11 is 4.30. The fourth-order valence-corrected chi connectivity index (χ4v) is 4.02. The molecule has 106 valence electrons. The Labute approximate surface area is 133 Å². The highest BCUT2D eigenvalue weighted by atomic mass is 127. The molecule has 1 heterocycles. The van der Waals surface area contributed by atoms with Gasteiger partial charge < -0.3 is 5.32 Å². The van der Waals surface area contributed by atoms with Crippen LogP contribution in [0.25, 0.3) is 0 Å². The van der Waals surface area contributed by atoms with Crippen molar-refractivity contribution in [1.29, 1.82) is 0 Å². The number of halogens is 1. The van der Waals surface area contributed by atoms with Crippen molar-refractivity contribution in [1.82, 2.24) is 9.97 Å². The van der Waals surface area contributed by atoms with E-state index in [-0.39, 0.29) is 0 Å². The molecule has 0 radical (unpaired) electrons. The Balaban J connectivity index is 2.26. The van der Waals surface area contributed by atoms with Crippen LogP contribution in [0.2, 0.25) is 0 Å². The molecule has 0 unspecified atom stereocenters. The summed E-state index contributed by atoms with van der Waals surface area (Å²) in [7, 11) is 1.95. The minimum Gasteiger partial charge on any atom is -0.372 e. The SMILES string of the molecule is CNc1nc(CSC(C)C)nc(C2CCCC2)c1I. The normalized spacial score (nSPS) is 16.3. The number of nitrogens with zero attached hydrogens (tertiary/aromatic N) is 2. The number of aromatic nitrogens is 2. The smallest absolute Gasteiger partial charge is 0.143 e. The molecule has 0 saturated heterocycles. The van der Waals surface area contributed by atoms with Crippen molar-refractivity contribution in [2.24, 2.45) is 0 Å². The van der Waals surface area contributed by atoms with E-state index in [1.165, 1.54) is 34.9 Å². The summed E-state index contributed by atoms with van der Waals surface area (Å²) in [6, 6.07) is 0. The molecule has 0 atom stereocenters. The van der Waals surface area contributed by atoms with Crippen LogP contribution in [-0.4, -0.2) is 22.3 Å². The number of nitrogens with one attached hydrogen (secondary N) is 1. The van der Waals surface area contributed by atoms with Crippen molar-refractivity contribution in [3.63, 3.8) is 0 Å². The van der Waals surface area contributed by atoms with Crippen molar-refractivity contribution in [2.75, 3.05) is 12.4 Å². The molecular formula is C14H22IN3S. The summed E-state index contributed by atoms with van der Waals surface area (Å²) in [5.41, 5.74) is 1.27. The highest BCUT2D eigenvalue weighted by Gasteiger charge is 2.23. The summed E-state index contributed by atoms with van der Waals surface area (Å²) in [6.45, 7) is 4.43. The lowest BCUT2D eigenvalue weighted by Gasteiger charge is -2.15. The molecule has 1 fully saturated rings. The first-order valence-corrected chi connectivity index (χ1v) is 9.10. The quantitative estimate of drug-likeness (QED) is 0.754. The molecule has 2 rings (SSSR count). The molecule has 0 aliphatic heterocycles. The number of hydrogen-bond acceptors (Lipinski definition) is 4. The molecule has 1 saturated carbocycles. The van der Waals surface area contributed by atoms with Crippen LogP contribution in [0.4, 0.5) is 5.82 Å². The van der Waals surface area contributed by atoms with E-state index < -0.39 is 0 Å². The van der Waals surface area contributed by atoms with Crippen LogP contribution in [0.1, 0.15) is 57.0 Å². The topological polar surface area (TPSA) is 37.8 Å². The van der Waals surface area contributed by atoms with E-state index in [1.54, 1.807) is 0 Å². The third-order valence-corrected chi connectivity index (χ3v) is 5.60. The Hall–Kier alpha value is -0.0400. The molecule has 1 aliphatic rings. The van der Waals surface area contributed by atoms with Gasteiger partial charge >= 0.3 is 0 Å².